The van der Waals surface area contributed by atoms with Gasteiger partial charge in [-0.1, -0.05) is 12.2 Å². The second-order valence-electron chi connectivity index (χ2n) is 7.54. The number of rotatable bonds is 12. The number of nitrogens with two attached hydrogens (primary N) is 1. The van der Waals surface area contributed by atoms with Crippen LogP contribution in [0.4, 0.5) is 5.95 Å². The predicted octanol–water partition coefficient (Wildman–Crippen LogP) is 1.88. The van der Waals surface area contributed by atoms with Gasteiger partial charge in [-0.2, -0.15) is 5.10 Å². The van der Waals surface area contributed by atoms with Gasteiger partial charge in [0.15, 0.2) is 0 Å². The van der Waals surface area contributed by atoms with Crippen molar-refractivity contribution in [2.75, 3.05) is 32.2 Å². The Morgan fingerprint density at radius 3 is 2.71 bits per heavy atom. The zero-order valence-corrected chi connectivity index (χ0v) is 19.6. The van der Waals surface area contributed by atoms with Crippen LogP contribution in [0.3, 0.4) is 0 Å². The molecule has 2 heterocycles. The summed E-state index contributed by atoms with van der Waals surface area (Å²) in [7, 11) is 1.61. The summed E-state index contributed by atoms with van der Waals surface area (Å²) in [5.41, 5.74) is 7.90. The molecule has 3 aromatic rings. The van der Waals surface area contributed by atoms with E-state index in [0.29, 0.717) is 55.2 Å². The summed E-state index contributed by atoms with van der Waals surface area (Å²) < 4.78 is 14.4. The van der Waals surface area contributed by atoms with Gasteiger partial charge in [0.05, 0.1) is 24.4 Å². The molecular formula is C23H30N6O5. The summed E-state index contributed by atoms with van der Waals surface area (Å²) in [4.78, 5) is 29.5. The number of anilines is 1. The highest BCUT2D eigenvalue weighted by Crippen LogP contribution is 2.31. The van der Waals surface area contributed by atoms with Crippen LogP contribution in [-0.2, 0) is 17.8 Å². The van der Waals surface area contributed by atoms with Gasteiger partial charge in [0.2, 0.25) is 11.9 Å². The number of methoxy groups -OCH3 is 1. The lowest BCUT2D eigenvalue weighted by Crippen LogP contribution is -2.20. The summed E-state index contributed by atoms with van der Waals surface area (Å²) in [5.74, 6) is -0.330. The molecule has 1 aromatic carbocycles. The SMILES string of the molecule is CCn1nc(C)cc1C(=O)Nc1nc2cc(C(N)=O)cc(OCCCOC)c2n1C/C=C/CO. The van der Waals surface area contributed by atoms with Crippen LogP contribution in [0.2, 0.25) is 0 Å². The number of aryl methyl sites for hydroxylation is 2. The molecule has 0 fully saturated rings. The van der Waals surface area contributed by atoms with Crippen molar-refractivity contribution in [2.24, 2.45) is 5.73 Å². The van der Waals surface area contributed by atoms with E-state index in [0.717, 1.165) is 5.69 Å². The third-order valence-electron chi connectivity index (χ3n) is 5.06. The van der Waals surface area contributed by atoms with Crippen molar-refractivity contribution in [2.45, 2.75) is 33.4 Å². The molecule has 2 amide bonds. The summed E-state index contributed by atoms with van der Waals surface area (Å²) in [6.45, 7) is 5.28. The molecule has 0 spiro atoms. The van der Waals surface area contributed by atoms with Gasteiger partial charge < -0.3 is 24.9 Å². The molecule has 0 bridgehead atoms. The van der Waals surface area contributed by atoms with E-state index in [-0.39, 0.29) is 24.0 Å². The molecule has 3 rings (SSSR count). The number of imidazole rings is 1. The maximum Gasteiger partial charge on any atom is 0.276 e. The van der Waals surface area contributed by atoms with Crippen molar-refractivity contribution < 1.29 is 24.2 Å². The number of aliphatic hydroxyl groups is 1. The number of carbonyl (C=O) groups is 2. The fourth-order valence-corrected chi connectivity index (χ4v) is 3.53. The molecule has 0 saturated heterocycles. The molecule has 34 heavy (non-hydrogen) atoms. The molecule has 2 aromatic heterocycles. The maximum absolute atomic E-state index is 13.1. The van der Waals surface area contributed by atoms with Gasteiger partial charge in [-0.3, -0.25) is 19.6 Å². The number of hydrogen-bond acceptors (Lipinski definition) is 7. The first-order valence-electron chi connectivity index (χ1n) is 11.0. The summed E-state index contributed by atoms with van der Waals surface area (Å²) >= 11 is 0. The van der Waals surface area contributed by atoms with Gasteiger partial charge in [0, 0.05) is 38.8 Å². The van der Waals surface area contributed by atoms with Crippen LogP contribution in [0, 0.1) is 6.92 Å². The van der Waals surface area contributed by atoms with Gasteiger partial charge in [-0.15, -0.1) is 0 Å². The number of amides is 2. The highest BCUT2D eigenvalue weighted by molar-refractivity contribution is 6.04. The van der Waals surface area contributed by atoms with E-state index in [1.807, 2.05) is 13.8 Å². The molecule has 0 saturated carbocycles. The van der Waals surface area contributed by atoms with Crippen LogP contribution in [-0.4, -0.2) is 63.2 Å². The number of benzene rings is 1. The second-order valence-corrected chi connectivity index (χ2v) is 7.54. The molecule has 11 heteroatoms. The van der Waals surface area contributed by atoms with Gasteiger partial charge in [0.1, 0.15) is 17.0 Å². The van der Waals surface area contributed by atoms with E-state index >= 15 is 0 Å². The minimum Gasteiger partial charge on any atom is -0.491 e. The zero-order chi connectivity index (χ0) is 24.7. The Balaban J connectivity index is 2.08. The average molecular weight is 471 g/mol. The molecule has 0 unspecified atom stereocenters. The Bertz CT molecular complexity index is 1200. The monoisotopic (exact) mass is 470 g/mol. The van der Waals surface area contributed by atoms with Crippen LogP contribution in [0.25, 0.3) is 11.0 Å². The molecule has 0 radical (unpaired) electrons. The highest BCUT2D eigenvalue weighted by atomic mass is 16.5. The first-order valence-corrected chi connectivity index (χ1v) is 11.0. The third kappa shape index (κ3) is 5.61. The van der Waals surface area contributed by atoms with Crippen molar-refractivity contribution >= 4 is 28.8 Å². The largest absolute Gasteiger partial charge is 0.491 e. The molecule has 0 aliphatic rings. The van der Waals surface area contributed by atoms with Crippen LogP contribution in [0.5, 0.6) is 5.75 Å². The Kier molecular flexibility index (Phi) is 8.39. The summed E-state index contributed by atoms with van der Waals surface area (Å²) in [6.07, 6.45) is 3.97. The Labute approximate surface area is 197 Å². The van der Waals surface area contributed by atoms with Gasteiger partial charge in [-0.25, -0.2) is 4.98 Å². The van der Waals surface area contributed by atoms with Crippen molar-refractivity contribution in [3.63, 3.8) is 0 Å². The van der Waals surface area contributed by atoms with E-state index in [1.54, 1.807) is 46.7 Å². The van der Waals surface area contributed by atoms with Crippen LogP contribution < -0.4 is 15.8 Å². The Hall–Kier alpha value is -3.70. The van der Waals surface area contributed by atoms with E-state index in [4.69, 9.17) is 15.2 Å². The van der Waals surface area contributed by atoms with Crippen LogP contribution >= 0.6 is 0 Å². The lowest BCUT2D eigenvalue weighted by Gasteiger charge is -2.13. The molecule has 0 aliphatic heterocycles. The minimum atomic E-state index is -0.619. The maximum atomic E-state index is 13.1. The van der Waals surface area contributed by atoms with Gasteiger partial charge >= 0.3 is 0 Å². The number of primary amides is 1. The van der Waals surface area contributed by atoms with Gasteiger partial charge in [0.25, 0.3) is 5.91 Å². The summed E-state index contributed by atoms with van der Waals surface area (Å²) in [5, 5.41) is 16.3. The zero-order valence-electron chi connectivity index (χ0n) is 19.6. The normalized spacial score (nSPS) is 11.4. The van der Waals surface area contributed by atoms with Crippen molar-refractivity contribution in [1.29, 1.82) is 0 Å². The highest BCUT2D eigenvalue weighted by Gasteiger charge is 2.21. The molecule has 4 N–H and O–H groups in total. The van der Waals surface area contributed by atoms with E-state index in [2.05, 4.69) is 15.4 Å². The van der Waals surface area contributed by atoms with Crippen LogP contribution in [0.1, 0.15) is 39.9 Å². The second kappa shape index (κ2) is 11.4. The quantitative estimate of drug-likeness (QED) is 0.270. The standard InChI is InChI=1S/C23H30N6O5/c1-4-29-18(12-15(2)27-29)22(32)26-23-25-17-13-16(21(24)31)14-19(34-11-7-10-33-3)20(17)28(23)8-5-6-9-30/h5-6,12-14,30H,4,7-11H2,1-3H3,(H2,24,31)(H,25,26,32)/b6-5+. The molecule has 0 aliphatic carbocycles. The first kappa shape index (κ1) is 24.9. The Morgan fingerprint density at radius 2 is 2.03 bits per heavy atom. The smallest absolute Gasteiger partial charge is 0.276 e. The number of nitrogens with zero attached hydrogens (tertiary/aromatic N) is 4. The lowest BCUT2D eigenvalue weighted by atomic mass is 10.1. The fraction of sp³-hybridized carbons (Fsp3) is 0.391. The Morgan fingerprint density at radius 1 is 1.24 bits per heavy atom. The molecular weight excluding hydrogens is 440 g/mol. The minimum absolute atomic E-state index is 0.129. The van der Waals surface area contributed by atoms with Crippen molar-refractivity contribution in [1.82, 2.24) is 19.3 Å². The number of fused-ring (bicyclic) bond motifs is 1. The van der Waals surface area contributed by atoms with Gasteiger partial charge in [-0.05, 0) is 32.0 Å². The predicted molar refractivity (Wildman–Crippen MR) is 127 cm³/mol. The molecule has 11 nitrogen and oxygen atoms in total. The average Bonchev–Trinajstić information content (AvgIpc) is 3.36. The number of ether oxygens (including phenoxy) is 2. The fourth-order valence-electron chi connectivity index (χ4n) is 3.53. The van der Waals surface area contributed by atoms with E-state index in [1.165, 1.54) is 0 Å². The van der Waals surface area contributed by atoms with Crippen molar-refractivity contribution in [3.8, 4) is 5.75 Å². The number of nitrogens with one attached hydrogen (secondary N) is 1. The van der Waals surface area contributed by atoms with E-state index in [9.17, 15) is 14.7 Å². The van der Waals surface area contributed by atoms with Crippen molar-refractivity contribution in [3.05, 3.63) is 47.3 Å². The number of hydrogen-bond donors (Lipinski definition) is 3. The molecule has 182 valence electrons. The lowest BCUT2D eigenvalue weighted by molar-refractivity contribution is 0.0995. The topological polar surface area (TPSA) is 147 Å². The summed E-state index contributed by atoms with van der Waals surface area (Å²) in [6, 6.07) is 4.82. The molecule has 0 atom stereocenters. The van der Waals surface area contributed by atoms with Crippen LogP contribution in [0.15, 0.2) is 30.4 Å². The van der Waals surface area contributed by atoms with E-state index < -0.39 is 5.91 Å². The number of aliphatic hydroxyl groups excluding tert-OH is 1. The number of aromatic nitrogens is 4. The third-order valence-corrected chi connectivity index (χ3v) is 5.06. The number of allylic oxidation sites excluding steroid dienone is 1. The number of carbonyl (C=O) groups excluding carboxylic acids is 2. The first-order chi connectivity index (χ1) is 16.4.